The Hall–Kier alpha value is 0. The molecule has 0 heteroatoms. The summed E-state index contributed by atoms with van der Waals surface area (Å²) in [7, 11) is 0. The van der Waals surface area contributed by atoms with Gasteiger partial charge in [0, 0.05) is 0 Å². The van der Waals surface area contributed by atoms with E-state index < -0.39 is 0 Å². The number of hydrogen-bond acceptors (Lipinski definition) is 0. The fraction of sp³-hybridized carbons (Fsp3) is 1.00. The van der Waals surface area contributed by atoms with Crippen LogP contribution in [0.3, 0.4) is 0 Å². The Labute approximate surface area is 91.5 Å². The van der Waals surface area contributed by atoms with Crippen molar-refractivity contribution in [3.8, 4) is 0 Å². The smallest absolute Gasteiger partial charge is 0.0275 e. The lowest BCUT2D eigenvalue weighted by molar-refractivity contribution is 0.0427. The topological polar surface area (TPSA) is 0 Å². The SMILES string of the molecule is CCC(C)(C)CC(C)(CC)C(C)(C)C. The molecule has 0 N–H and O–H groups in total. The van der Waals surface area contributed by atoms with Gasteiger partial charge in [-0.1, -0.05) is 68.2 Å². The van der Waals surface area contributed by atoms with Gasteiger partial charge < -0.3 is 0 Å². The summed E-state index contributed by atoms with van der Waals surface area (Å²) in [5.74, 6) is 0. The van der Waals surface area contributed by atoms with E-state index in [0.717, 1.165) is 0 Å². The molecule has 0 nitrogen and oxygen atoms in total. The molecule has 0 spiro atoms. The van der Waals surface area contributed by atoms with E-state index in [4.69, 9.17) is 0 Å². The van der Waals surface area contributed by atoms with Gasteiger partial charge in [-0.25, -0.2) is 0 Å². The molecular weight excluding hydrogens is 168 g/mol. The van der Waals surface area contributed by atoms with Crippen molar-refractivity contribution in [1.29, 1.82) is 0 Å². The maximum atomic E-state index is 2.45. The Balaban J connectivity index is 4.74. The van der Waals surface area contributed by atoms with Crippen molar-refractivity contribution in [1.82, 2.24) is 0 Å². The average molecular weight is 198 g/mol. The molecule has 0 fully saturated rings. The third-order valence-electron chi connectivity index (χ3n) is 4.42. The molecule has 0 amide bonds. The molecule has 0 radical (unpaired) electrons. The molecule has 0 rings (SSSR count). The van der Waals surface area contributed by atoms with Crippen LogP contribution in [0.4, 0.5) is 0 Å². The fourth-order valence-corrected chi connectivity index (χ4v) is 2.10. The largest absolute Gasteiger partial charge is 0.0649 e. The molecule has 0 aromatic carbocycles. The molecule has 0 aromatic rings. The first-order valence-corrected chi connectivity index (χ1v) is 6.08. The minimum atomic E-state index is 0.411. The molecule has 1 atom stereocenters. The van der Waals surface area contributed by atoms with Crippen molar-refractivity contribution in [3.63, 3.8) is 0 Å². The van der Waals surface area contributed by atoms with Gasteiger partial charge in [0.1, 0.15) is 0 Å². The maximum absolute atomic E-state index is 2.45. The maximum Gasteiger partial charge on any atom is -0.0275 e. The summed E-state index contributed by atoms with van der Waals surface area (Å²) in [5.41, 5.74) is 1.36. The summed E-state index contributed by atoms with van der Waals surface area (Å²) in [6, 6.07) is 0. The van der Waals surface area contributed by atoms with Gasteiger partial charge in [-0.15, -0.1) is 0 Å². The summed E-state index contributed by atoms with van der Waals surface area (Å²) in [5, 5.41) is 0. The highest BCUT2D eigenvalue weighted by Gasteiger charge is 2.39. The molecule has 86 valence electrons. The predicted molar refractivity (Wildman–Crippen MR) is 66.5 cm³/mol. The van der Waals surface area contributed by atoms with Crippen molar-refractivity contribution in [2.75, 3.05) is 0 Å². The van der Waals surface area contributed by atoms with Crippen LogP contribution >= 0.6 is 0 Å². The van der Waals surface area contributed by atoms with Gasteiger partial charge in [0.25, 0.3) is 0 Å². The van der Waals surface area contributed by atoms with Gasteiger partial charge in [-0.3, -0.25) is 0 Å². The van der Waals surface area contributed by atoms with Crippen molar-refractivity contribution >= 4 is 0 Å². The monoisotopic (exact) mass is 198 g/mol. The molecule has 0 heterocycles. The molecule has 0 saturated carbocycles. The lowest BCUT2D eigenvalue weighted by Crippen LogP contribution is -2.36. The minimum Gasteiger partial charge on any atom is -0.0649 e. The normalized spacial score (nSPS) is 18.0. The third kappa shape index (κ3) is 3.29. The zero-order chi connectivity index (χ0) is 11.6. The van der Waals surface area contributed by atoms with Crippen molar-refractivity contribution in [2.45, 2.75) is 74.7 Å². The zero-order valence-electron chi connectivity index (χ0n) is 11.6. The molecule has 0 aliphatic carbocycles. The Kier molecular flexibility index (Phi) is 4.24. The third-order valence-corrected chi connectivity index (χ3v) is 4.42. The van der Waals surface area contributed by atoms with Crippen LogP contribution in [0.2, 0.25) is 0 Å². The first-order chi connectivity index (χ1) is 6.08. The summed E-state index contributed by atoms with van der Waals surface area (Å²) in [4.78, 5) is 0. The van der Waals surface area contributed by atoms with Gasteiger partial charge in [0.05, 0.1) is 0 Å². The molecule has 0 aliphatic rings. The Bertz CT molecular complexity index is 171. The lowest BCUT2D eigenvalue weighted by Gasteiger charge is -2.46. The standard InChI is InChI=1S/C14H30/c1-9-13(6,7)11-14(8,10-2)12(3,4)5/h9-11H2,1-8H3. The summed E-state index contributed by atoms with van der Waals surface area (Å²) >= 11 is 0. The first-order valence-electron chi connectivity index (χ1n) is 6.08. The first kappa shape index (κ1) is 14.0. The van der Waals surface area contributed by atoms with Gasteiger partial charge >= 0.3 is 0 Å². The summed E-state index contributed by atoms with van der Waals surface area (Å²) in [6.07, 6.45) is 3.88. The van der Waals surface area contributed by atoms with Crippen LogP contribution < -0.4 is 0 Å². The van der Waals surface area contributed by atoms with Crippen molar-refractivity contribution in [3.05, 3.63) is 0 Å². The lowest BCUT2D eigenvalue weighted by atomic mass is 9.59. The van der Waals surface area contributed by atoms with Gasteiger partial charge in [-0.05, 0) is 22.7 Å². The second kappa shape index (κ2) is 4.24. The fourth-order valence-electron chi connectivity index (χ4n) is 2.10. The van der Waals surface area contributed by atoms with Gasteiger partial charge in [-0.2, -0.15) is 0 Å². The molecular formula is C14H30. The highest BCUT2D eigenvalue weighted by Crippen LogP contribution is 2.49. The minimum absolute atomic E-state index is 0.411. The summed E-state index contributed by atoms with van der Waals surface area (Å²) < 4.78 is 0. The van der Waals surface area contributed by atoms with Crippen LogP contribution in [0.25, 0.3) is 0 Å². The molecule has 1 unspecified atom stereocenters. The average Bonchev–Trinajstić information content (AvgIpc) is 2.01. The Morgan fingerprint density at radius 3 is 1.36 bits per heavy atom. The van der Waals surface area contributed by atoms with E-state index in [9.17, 15) is 0 Å². The van der Waals surface area contributed by atoms with E-state index >= 15 is 0 Å². The van der Waals surface area contributed by atoms with E-state index in [1.165, 1.54) is 19.3 Å². The molecule has 0 bridgehead atoms. The van der Waals surface area contributed by atoms with Crippen LogP contribution in [0.1, 0.15) is 74.7 Å². The Morgan fingerprint density at radius 2 is 1.14 bits per heavy atom. The molecule has 0 aliphatic heterocycles. The molecule has 0 aromatic heterocycles. The van der Waals surface area contributed by atoms with E-state index in [0.29, 0.717) is 16.2 Å². The van der Waals surface area contributed by atoms with Crippen molar-refractivity contribution < 1.29 is 0 Å². The predicted octanol–water partition coefficient (Wildman–Crippen LogP) is 5.28. The second-order valence-corrected chi connectivity index (χ2v) is 6.86. The Morgan fingerprint density at radius 1 is 0.714 bits per heavy atom. The van der Waals surface area contributed by atoms with Crippen LogP contribution in [-0.2, 0) is 0 Å². The molecule has 14 heavy (non-hydrogen) atoms. The van der Waals surface area contributed by atoms with Gasteiger partial charge in [0.15, 0.2) is 0 Å². The highest BCUT2D eigenvalue weighted by molar-refractivity contribution is 4.89. The van der Waals surface area contributed by atoms with Crippen LogP contribution in [-0.4, -0.2) is 0 Å². The van der Waals surface area contributed by atoms with E-state index in [1.54, 1.807) is 0 Å². The summed E-state index contributed by atoms with van der Waals surface area (Å²) in [6.45, 7) is 19.0. The van der Waals surface area contributed by atoms with Gasteiger partial charge in [0.2, 0.25) is 0 Å². The van der Waals surface area contributed by atoms with Crippen molar-refractivity contribution in [2.24, 2.45) is 16.2 Å². The molecule has 0 saturated heterocycles. The van der Waals surface area contributed by atoms with Crippen LogP contribution in [0, 0.1) is 16.2 Å². The van der Waals surface area contributed by atoms with E-state index in [1.807, 2.05) is 0 Å². The van der Waals surface area contributed by atoms with Crippen LogP contribution in [0.15, 0.2) is 0 Å². The van der Waals surface area contributed by atoms with E-state index in [-0.39, 0.29) is 0 Å². The van der Waals surface area contributed by atoms with E-state index in [2.05, 4.69) is 55.4 Å². The zero-order valence-corrected chi connectivity index (χ0v) is 11.6. The number of rotatable bonds is 4. The quantitative estimate of drug-likeness (QED) is 0.577. The number of hydrogen-bond donors (Lipinski definition) is 0. The second-order valence-electron chi connectivity index (χ2n) is 6.86. The van der Waals surface area contributed by atoms with Crippen LogP contribution in [0.5, 0.6) is 0 Å². The highest BCUT2D eigenvalue weighted by atomic mass is 14.4.